The number of carbonyl (C=O) groups is 1. The van der Waals surface area contributed by atoms with Crippen LogP contribution in [0.2, 0.25) is 0 Å². The van der Waals surface area contributed by atoms with Gasteiger partial charge in [0, 0.05) is 0 Å². The van der Waals surface area contributed by atoms with E-state index in [9.17, 15) is 4.79 Å². The Morgan fingerprint density at radius 2 is 2.60 bits per heavy atom. The number of amides is 1. The van der Waals surface area contributed by atoms with E-state index in [1.165, 1.54) is 11.3 Å². The smallest absolute Gasteiger partial charge is 0.242 e. The van der Waals surface area contributed by atoms with Crippen LogP contribution in [0.15, 0.2) is 24.1 Å². The first-order valence-electron chi connectivity index (χ1n) is 4.34. The number of hydrogen-bond acceptors (Lipinski definition) is 4. The molecule has 0 bridgehead atoms. The van der Waals surface area contributed by atoms with Crippen LogP contribution in [0.3, 0.4) is 0 Å². The molecule has 15 heavy (non-hydrogen) atoms. The highest BCUT2D eigenvalue weighted by atomic mass is 32.1. The predicted octanol–water partition coefficient (Wildman–Crippen LogP) is 1.46. The maximum Gasteiger partial charge on any atom is 0.242 e. The minimum Gasteiger partial charge on any atom is -0.320 e. The lowest BCUT2D eigenvalue weighted by Crippen LogP contribution is -2.34. The molecule has 1 unspecified atom stereocenters. The third-order valence-corrected chi connectivity index (χ3v) is 2.61. The molecule has 0 aliphatic rings. The second kappa shape index (κ2) is 5.29. The van der Waals surface area contributed by atoms with E-state index in [2.05, 4.69) is 11.9 Å². The maximum atomic E-state index is 11.5. The lowest BCUT2D eigenvalue weighted by molar-refractivity contribution is -0.117. The third kappa shape index (κ3) is 2.91. The van der Waals surface area contributed by atoms with Crippen molar-refractivity contribution in [3.8, 4) is 6.07 Å². The molecule has 0 aliphatic carbocycles. The summed E-state index contributed by atoms with van der Waals surface area (Å²) in [5.74, 6) is -0.297. The summed E-state index contributed by atoms with van der Waals surface area (Å²) in [6.45, 7) is 3.50. The molecule has 0 aromatic carbocycles. The second-order valence-corrected chi connectivity index (χ2v) is 3.81. The van der Waals surface area contributed by atoms with Gasteiger partial charge in [-0.05, 0) is 17.9 Å². The SMILES string of the molecule is C=CCC(N)C(=O)Nc1sccc1C#N. The largest absolute Gasteiger partial charge is 0.320 e. The summed E-state index contributed by atoms with van der Waals surface area (Å²) in [4.78, 5) is 11.5. The Morgan fingerprint density at radius 3 is 3.20 bits per heavy atom. The standard InChI is InChI=1S/C10H11N3OS/c1-2-3-8(12)9(14)13-10-7(6-11)4-5-15-10/h2,4-5,8H,1,3,12H2,(H,13,14). The summed E-state index contributed by atoms with van der Waals surface area (Å²) in [6.07, 6.45) is 2.00. The van der Waals surface area contributed by atoms with Crippen molar-refractivity contribution < 1.29 is 4.79 Å². The summed E-state index contributed by atoms with van der Waals surface area (Å²) in [6, 6.07) is 3.02. The normalized spacial score (nSPS) is 11.5. The van der Waals surface area contributed by atoms with Crippen LogP contribution in [0.25, 0.3) is 0 Å². The van der Waals surface area contributed by atoms with Crippen LogP contribution >= 0.6 is 11.3 Å². The van der Waals surface area contributed by atoms with Gasteiger partial charge in [-0.3, -0.25) is 4.79 Å². The number of thiophene rings is 1. The van der Waals surface area contributed by atoms with Crippen LogP contribution < -0.4 is 11.1 Å². The van der Waals surface area contributed by atoms with E-state index in [1.807, 2.05) is 6.07 Å². The lowest BCUT2D eigenvalue weighted by Gasteiger charge is -2.08. The summed E-state index contributed by atoms with van der Waals surface area (Å²) >= 11 is 1.30. The van der Waals surface area contributed by atoms with Gasteiger partial charge in [0.2, 0.25) is 5.91 Å². The molecule has 3 N–H and O–H groups in total. The topological polar surface area (TPSA) is 78.9 Å². The number of rotatable bonds is 4. The third-order valence-electron chi connectivity index (χ3n) is 1.78. The fraction of sp³-hybridized carbons (Fsp3) is 0.200. The second-order valence-electron chi connectivity index (χ2n) is 2.90. The fourth-order valence-electron chi connectivity index (χ4n) is 0.985. The van der Waals surface area contributed by atoms with Crippen LogP contribution in [0.4, 0.5) is 5.00 Å². The molecule has 1 aromatic rings. The van der Waals surface area contributed by atoms with Gasteiger partial charge < -0.3 is 11.1 Å². The molecule has 0 radical (unpaired) electrons. The minimum atomic E-state index is -0.615. The Hall–Kier alpha value is -1.64. The summed E-state index contributed by atoms with van der Waals surface area (Å²) in [5, 5.41) is 13.6. The monoisotopic (exact) mass is 221 g/mol. The van der Waals surface area contributed by atoms with Crippen LogP contribution in [0.1, 0.15) is 12.0 Å². The average Bonchev–Trinajstić information content (AvgIpc) is 2.65. The summed E-state index contributed by atoms with van der Waals surface area (Å²) in [5.41, 5.74) is 6.03. The summed E-state index contributed by atoms with van der Waals surface area (Å²) in [7, 11) is 0. The molecule has 0 saturated carbocycles. The maximum absolute atomic E-state index is 11.5. The Bertz CT molecular complexity index is 405. The average molecular weight is 221 g/mol. The molecule has 1 rings (SSSR count). The Kier molecular flexibility index (Phi) is 4.03. The first-order valence-corrected chi connectivity index (χ1v) is 5.22. The first-order chi connectivity index (χ1) is 7.19. The van der Waals surface area contributed by atoms with E-state index in [-0.39, 0.29) is 5.91 Å². The van der Waals surface area contributed by atoms with Gasteiger partial charge in [0.25, 0.3) is 0 Å². The Balaban J connectivity index is 2.67. The number of anilines is 1. The molecule has 4 nitrogen and oxygen atoms in total. The van der Waals surface area contributed by atoms with Crippen molar-refractivity contribution >= 4 is 22.2 Å². The van der Waals surface area contributed by atoms with Crippen molar-refractivity contribution in [3.63, 3.8) is 0 Å². The van der Waals surface area contributed by atoms with Gasteiger partial charge in [-0.2, -0.15) is 5.26 Å². The number of nitrogens with two attached hydrogens (primary N) is 1. The highest BCUT2D eigenvalue weighted by Gasteiger charge is 2.14. The minimum absolute atomic E-state index is 0.297. The molecular weight excluding hydrogens is 210 g/mol. The fourth-order valence-corrected chi connectivity index (χ4v) is 1.73. The van der Waals surface area contributed by atoms with Gasteiger partial charge in [0.1, 0.15) is 11.1 Å². The molecule has 1 amide bonds. The van der Waals surface area contributed by atoms with Crippen LogP contribution in [0.5, 0.6) is 0 Å². The van der Waals surface area contributed by atoms with Crippen molar-refractivity contribution in [3.05, 3.63) is 29.7 Å². The van der Waals surface area contributed by atoms with Crippen LogP contribution in [0, 0.1) is 11.3 Å². The van der Waals surface area contributed by atoms with Crippen molar-refractivity contribution in [2.75, 3.05) is 5.32 Å². The highest BCUT2D eigenvalue weighted by Crippen LogP contribution is 2.22. The number of nitrogens with zero attached hydrogens (tertiary/aromatic N) is 1. The first kappa shape index (κ1) is 11.4. The van der Waals surface area contributed by atoms with Gasteiger partial charge >= 0.3 is 0 Å². The van der Waals surface area contributed by atoms with E-state index >= 15 is 0 Å². The van der Waals surface area contributed by atoms with Crippen molar-refractivity contribution in [1.82, 2.24) is 0 Å². The van der Waals surface area contributed by atoms with Gasteiger partial charge in [0.05, 0.1) is 11.6 Å². The highest BCUT2D eigenvalue weighted by molar-refractivity contribution is 7.14. The van der Waals surface area contributed by atoms with Crippen molar-refractivity contribution in [1.29, 1.82) is 5.26 Å². The van der Waals surface area contributed by atoms with E-state index in [4.69, 9.17) is 11.0 Å². The number of hydrogen-bond donors (Lipinski definition) is 2. The number of carbonyl (C=O) groups excluding carboxylic acids is 1. The molecule has 1 atom stereocenters. The molecule has 0 aliphatic heterocycles. The van der Waals surface area contributed by atoms with E-state index in [0.717, 1.165) is 0 Å². The molecule has 5 heteroatoms. The molecule has 1 heterocycles. The van der Waals surface area contributed by atoms with Gasteiger partial charge in [-0.25, -0.2) is 0 Å². The van der Waals surface area contributed by atoms with Crippen molar-refractivity contribution in [2.45, 2.75) is 12.5 Å². The molecule has 1 aromatic heterocycles. The van der Waals surface area contributed by atoms with E-state index in [0.29, 0.717) is 17.0 Å². The van der Waals surface area contributed by atoms with E-state index in [1.54, 1.807) is 17.5 Å². The zero-order valence-corrected chi connectivity index (χ0v) is 8.88. The predicted molar refractivity (Wildman–Crippen MR) is 60.5 cm³/mol. The molecule has 0 saturated heterocycles. The van der Waals surface area contributed by atoms with E-state index < -0.39 is 6.04 Å². The quantitative estimate of drug-likeness (QED) is 0.755. The van der Waals surface area contributed by atoms with Crippen molar-refractivity contribution in [2.24, 2.45) is 5.73 Å². The zero-order valence-electron chi connectivity index (χ0n) is 8.06. The molecular formula is C10H11N3OS. The van der Waals surface area contributed by atoms with Gasteiger partial charge in [0.15, 0.2) is 0 Å². The number of nitriles is 1. The van der Waals surface area contributed by atoms with Gasteiger partial charge in [-0.1, -0.05) is 6.08 Å². The molecule has 0 fully saturated rings. The summed E-state index contributed by atoms with van der Waals surface area (Å²) < 4.78 is 0. The van der Waals surface area contributed by atoms with Crippen LogP contribution in [-0.2, 0) is 4.79 Å². The van der Waals surface area contributed by atoms with Gasteiger partial charge in [-0.15, -0.1) is 17.9 Å². The van der Waals surface area contributed by atoms with Crippen LogP contribution in [-0.4, -0.2) is 11.9 Å². The lowest BCUT2D eigenvalue weighted by atomic mass is 10.2. The molecule has 0 spiro atoms. The zero-order chi connectivity index (χ0) is 11.3. The number of nitrogens with one attached hydrogen (secondary N) is 1. The Morgan fingerprint density at radius 1 is 1.87 bits per heavy atom. The Labute approximate surface area is 92.0 Å². The molecule has 78 valence electrons.